The van der Waals surface area contributed by atoms with E-state index in [0.717, 1.165) is 22.6 Å². The molecule has 8 nitrogen and oxygen atoms in total. The average Bonchev–Trinajstić information content (AvgIpc) is 3.32. The molecule has 2 heterocycles. The van der Waals surface area contributed by atoms with E-state index in [-0.39, 0.29) is 17.1 Å². The first-order chi connectivity index (χ1) is 17.8. The van der Waals surface area contributed by atoms with Crippen molar-refractivity contribution in [2.45, 2.75) is 38.3 Å². The van der Waals surface area contributed by atoms with Crippen molar-refractivity contribution in [2.24, 2.45) is 5.10 Å². The number of benzene rings is 2. The summed E-state index contributed by atoms with van der Waals surface area (Å²) in [6.45, 7) is 9.05. The molecule has 0 spiro atoms. The van der Waals surface area contributed by atoms with Crippen LogP contribution in [0.4, 0.5) is 0 Å². The lowest BCUT2D eigenvalue weighted by Gasteiger charge is -2.18. The molecule has 0 fully saturated rings. The van der Waals surface area contributed by atoms with E-state index in [2.05, 4.69) is 58.6 Å². The number of pyridine rings is 1. The fourth-order valence-electron chi connectivity index (χ4n) is 3.55. The zero-order valence-electron chi connectivity index (χ0n) is 21.4. The van der Waals surface area contributed by atoms with Gasteiger partial charge in [-0.3, -0.25) is 14.3 Å². The van der Waals surface area contributed by atoms with E-state index < -0.39 is 0 Å². The highest BCUT2D eigenvalue weighted by Crippen LogP contribution is 2.28. The molecule has 0 unspecified atom stereocenters. The van der Waals surface area contributed by atoms with Crippen LogP contribution in [0.2, 0.25) is 0 Å². The van der Waals surface area contributed by atoms with E-state index in [1.165, 1.54) is 17.3 Å². The number of carbonyl (C=O) groups is 1. The van der Waals surface area contributed by atoms with Crippen molar-refractivity contribution >= 4 is 23.9 Å². The number of hydrogen-bond acceptors (Lipinski definition) is 7. The topological polar surface area (TPSA) is 94.3 Å². The van der Waals surface area contributed by atoms with Crippen LogP contribution in [-0.2, 0) is 10.2 Å². The number of amides is 1. The molecule has 0 saturated carbocycles. The minimum atomic E-state index is -0.239. The van der Waals surface area contributed by atoms with Crippen LogP contribution in [0.1, 0.15) is 38.8 Å². The van der Waals surface area contributed by atoms with E-state index in [1.807, 2.05) is 60.0 Å². The third kappa shape index (κ3) is 6.83. The monoisotopic (exact) mass is 514 g/mol. The maximum absolute atomic E-state index is 12.5. The van der Waals surface area contributed by atoms with Gasteiger partial charge in [-0.2, -0.15) is 5.10 Å². The van der Waals surface area contributed by atoms with Crippen LogP contribution in [0.25, 0.3) is 17.1 Å². The van der Waals surface area contributed by atoms with Crippen molar-refractivity contribution < 1.29 is 9.53 Å². The molecule has 190 valence electrons. The Labute approximate surface area is 221 Å². The van der Waals surface area contributed by atoms with Gasteiger partial charge in [-0.05, 0) is 59.9 Å². The number of hydrogen-bond donors (Lipinski definition) is 1. The van der Waals surface area contributed by atoms with Gasteiger partial charge in [-0.25, -0.2) is 5.43 Å². The second-order valence-corrected chi connectivity index (χ2v) is 10.2. The predicted molar refractivity (Wildman–Crippen MR) is 147 cm³/mol. The highest BCUT2D eigenvalue weighted by Gasteiger charge is 2.18. The van der Waals surface area contributed by atoms with Crippen LogP contribution in [-0.4, -0.2) is 44.2 Å². The smallest absolute Gasteiger partial charge is 0.250 e. The lowest BCUT2D eigenvalue weighted by Crippen LogP contribution is -2.20. The number of thioether (sulfide) groups is 1. The first-order valence-corrected chi connectivity index (χ1v) is 13.0. The van der Waals surface area contributed by atoms with E-state index in [1.54, 1.807) is 18.6 Å². The number of aromatic nitrogens is 4. The van der Waals surface area contributed by atoms with Crippen LogP contribution in [0, 0.1) is 0 Å². The molecular weight excluding hydrogens is 484 g/mol. The molecule has 37 heavy (non-hydrogen) atoms. The molecule has 0 aliphatic rings. The maximum Gasteiger partial charge on any atom is 0.250 e. The van der Waals surface area contributed by atoms with Crippen LogP contribution >= 0.6 is 11.8 Å². The Balaban J connectivity index is 1.46. The molecule has 0 saturated heterocycles. The Morgan fingerprint density at radius 2 is 1.84 bits per heavy atom. The van der Waals surface area contributed by atoms with Gasteiger partial charge in [-0.15, -0.1) is 10.2 Å². The van der Waals surface area contributed by atoms with Gasteiger partial charge in [0.1, 0.15) is 5.75 Å². The van der Waals surface area contributed by atoms with Crippen molar-refractivity contribution in [1.29, 1.82) is 0 Å². The summed E-state index contributed by atoms with van der Waals surface area (Å²) >= 11 is 1.28. The van der Waals surface area contributed by atoms with Crippen LogP contribution in [0.3, 0.4) is 0 Å². The SMILES string of the molecule is CCOc1ccc(-n2c(SCC(=O)N/N=C\c3ccc(C(C)(C)C)cc3)nnc2-c2cccnc2)cc1. The third-order valence-corrected chi connectivity index (χ3v) is 6.40. The number of nitrogens with zero attached hydrogens (tertiary/aromatic N) is 5. The van der Waals surface area contributed by atoms with Crippen molar-refractivity contribution in [3.05, 3.63) is 84.2 Å². The molecular formula is C28H30N6O2S. The standard InChI is InChI=1S/C28H30N6O2S/c1-5-36-24-14-12-23(13-15-24)34-26(21-7-6-16-29-18-21)32-33-27(34)37-19-25(35)31-30-17-20-8-10-22(11-9-20)28(2,3)4/h6-18H,5,19H2,1-4H3,(H,31,35)/b30-17-. The third-order valence-electron chi connectivity index (χ3n) is 5.47. The summed E-state index contributed by atoms with van der Waals surface area (Å²) in [5, 5.41) is 13.4. The van der Waals surface area contributed by atoms with E-state index in [0.29, 0.717) is 17.6 Å². The van der Waals surface area contributed by atoms with Gasteiger partial charge in [-0.1, -0.05) is 56.8 Å². The minimum absolute atomic E-state index is 0.0872. The Morgan fingerprint density at radius 3 is 2.49 bits per heavy atom. The second kappa shape index (κ2) is 11.8. The summed E-state index contributed by atoms with van der Waals surface area (Å²) in [6, 6.07) is 19.6. The molecule has 0 aliphatic heterocycles. The van der Waals surface area contributed by atoms with Gasteiger partial charge >= 0.3 is 0 Å². The molecule has 0 radical (unpaired) electrons. The summed E-state index contributed by atoms with van der Waals surface area (Å²) in [7, 11) is 0. The average molecular weight is 515 g/mol. The molecule has 4 rings (SSSR count). The summed E-state index contributed by atoms with van der Waals surface area (Å²) in [4.78, 5) is 16.7. The normalized spacial score (nSPS) is 11.6. The Bertz CT molecular complexity index is 1340. The molecule has 0 aliphatic carbocycles. The molecule has 4 aromatic rings. The van der Waals surface area contributed by atoms with E-state index in [4.69, 9.17) is 4.74 Å². The largest absolute Gasteiger partial charge is 0.494 e. The Morgan fingerprint density at radius 1 is 1.08 bits per heavy atom. The van der Waals surface area contributed by atoms with Crippen molar-refractivity contribution in [1.82, 2.24) is 25.2 Å². The number of rotatable bonds is 9. The Kier molecular flexibility index (Phi) is 8.35. The number of ether oxygens (including phenoxy) is 1. The highest BCUT2D eigenvalue weighted by atomic mass is 32.2. The fraction of sp³-hybridized carbons (Fsp3) is 0.250. The zero-order chi connectivity index (χ0) is 26.3. The van der Waals surface area contributed by atoms with Crippen molar-refractivity contribution in [3.63, 3.8) is 0 Å². The van der Waals surface area contributed by atoms with Gasteiger partial charge in [0.05, 0.1) is 18.6 Å². The lowest BCUT2D eigenvalue weighted by atomic mass is 9.87. The summed E-state index contributed by atoms with van der Waals surface area (Å²) in [5.74, 6) is 1.30. The summed E-state index contributed by atoms with van der Waals surface area (Å²) in [5.41, 5.74) is 6.51. The summed E-state index contributed by atoms with van der Waals surface area (Å²) < 4.78 is 7.48. The lowest BCUT2D eigenvalue weighted by molar-refractivity contribution is -0.118. The van der Waals surface area contributed by atoms with Crippen molar-refractivity contribution in [3.8, 4) is 22.8 Å². The van der Waals surface area contributed by atoms with Gasteiger partial charge < -0.3 is 4.74 Å². The molecule has 0 bridgehead atoms. The van der Waals surface area contributed by atoms with Crippen molar-refractivity contribution in [2.75, 3.05) is 12.4 Å². The molecule has 1 N–H and O–H groups in total. The Hall–Kier alpha value is -3.98. The van der Waals surface area contributed by atoms with E-state index >= 15 is 0 Å². The van der Waals surface area contributed by atoms with E-state index in [9.17, 15) is 4.79 Å². The zero-order valence-corrected chi connectivity index (χ0v) is 22.2. The van der Waals surface area contributed by atoms with Gasteiger partial charge in [0.15, 0.2) is 11.0 Å². The van der Waals surface area contributed by atoms with Gasteiger partial charge in [0, 0.05) is 23.6 Å². The molecule has 0 atom stereocenters. The molecule has 1 amide bonds. The van der Waals surface area contributed by atoms with Crippen LogP contribution in [0.5, 0.6) is 5.75 Å². The second-order valence-electron chi connectivity index (χ2n) is 9.26. The predicted octanol–water partition coefficient (Wildman–Crippen LogP) is 5.27. The highest BCUT2D eigenvalue weighted by molar-refractivity contribution is 7.99. The minimum Gasteiger partial charge on any atom is -0.494 e. The summed E-state index contributed by atoms with van der Waals surface area (Å²) in [6.07, 6.45) is 5.08. The quantitative estimate of drug-likeness (QED) is 0.186. The number of carbonyl (C=O) groups excluding carboxylic acids is 1. The molecule has 9 heteroatoms. The van der Waals surface area contributed by atoms with Gasteiger partial charge in [0.25, 0.3) is 5.91 Å². The molecule has 2 aromatic heterocycles. The van der Waals surface area contributed by atoms with Crippen LogP contribution in [0.15, 0.2) is 83.3 Å². The first kappa shape index (κ1) is 26.1. The van der Waals surface area contributed by atoms with Crippen LogP contribution < -0.4 is 10.2 Å². The number of nitrogens with one attached hydrogen (secondary N) is 1. The number of hydrazone groups is 1. The van der Waals surface area contributed by atoms with Gasteiger partial charge in [0.2, 0.25) is 0 Å². The maximum atomic E-state index is 12.5. The fourth-order valence-corrected chi connectivity index (χ4v) is 4.29. The molecule has 2 aromatic carbocycles. The first-order valence-electron chi connectivity index (χ1n) is 12.0.